The van der Waals surface area contributed by atoms with Crippen LogP contribution in [-0.2, 0) is 10.0 Å². The van der Waals surface area contributed by atoms with Crippen molar-refractivity contribution in [2.24, 2.45) is 5.73 Å². The van der Waals surface area contributed by atoms with E-state index in [1.807, 2.05) is 0 Å². The highest BCUT2D eigenvalue weighted by Gasteiger charge is 2.16. The summed E-state index contributed by atoms with van der Waals surface area (Å²) in [6.07, 6.45) is 0. The third-order valence-corrected chi connectivity index (χ3v) is 5.96. The van der Waals surface area contributed by atoms with Gasteiger partial charge in [0.15, 0.2) is 0 Å². The van der Waals surface area contributed by atoms with E-state index >= 15 is 0 Å². The Hall–Kier alpha value is -4.11. The van der Waals surface area contributed by atoms with Gasteiger partial charge < -0.3 is 10.8 Å². The molecule has 4 aromatic rings. The number of hydrogen-bond donors (Lipinski definition) is 3. The normalized spacial score (nSPS) is 11.2. The molecular weight excluding hydrogens is 416 g/mol. The van der Waals surface area contributed by atoms with Crippen LogP contribution in [0.1, 0.15) is 0 Å². The fraction of sp³-hybridized carbons (Fsp3) is 0. The molecule has 156 valence electrons. The van der Waals surface area contributed by atoms with Crippen molar-refractivity contribution in [3.63, 3.8) is 0 Å². The summed E-state index contributed by atoms with van der Waals surface area (Å²) in [4.78, 5) is 12.0. The van der Waals surface area contributed by atoms with E-state index in [2.05, 4.69) is 9.82 Å². The number of aromatic nitrogens is 2. The minimum atomic E-state index is -3.70. The summed E-state index contributed by atoms with van der Waals surface area (Å²) in [7, 11) is -3.70. The first kappa shape index (κ1) is 20.2. The van der Waals surface area contributed by atoms with Gasteiger partial charge in [0.05, 0.1) is 16.3 Å². The predicted molar refractivity (Wildman–Crippen MR) is 117 cm³/mol. The van der Waals surface area contributed by atoms with Gasteiger partial charge in [-0.3, -0.25) is 4.72 Å². The zero-order chi connectivity index (χ0) is 22.0. The lowest BCUT2D eigenvalue weighted by molar-refractivity contribution is 0.248. The van der Waals surface area contributed by atoms with Crippen LogP contribution in [0.4, 0.5) is 10.5 Å². The topological polar surface area (TPSA) is 127 Å². The highest BCUT2D eigenvalue weighted by molar-refractivity contribution is 7.92. The number of anilines is 1. The van der Waals surface area contributed by atoms with Crippen LogP contribution in [0, 0.1) is 0 Å². The summed E-state index contributed by atoms with van der Waals surface area (Å²) in [5, 5.41) is 13.8. The number of sulfonamides is 1. The second-order valence-corrected chi connectivity index (χ2v) is 8.39. The summed E-state index contributed by atoms with van der Waals surface area (Å²) in [5.74, 6) is 0.0997. The molecule has 0 saturated carbocycles. The number of primary amides is 1. The number of carbonyl (C=O) groups excluding carboxylic acids is 1. The van der Waals surface area contributed by atoms with E-state index in [1.165, 1.54) is 24.3 Å². The summed E-state index contributed by atoms with van der Waals surface area (Å²) >= 11 is 0. The van der Waals surface area contributed by atoms with Crippen molar-refractivity contribution < 1.29 is 18.3 Å². The van der Waals surface area contributed by atoms with Crippen molar-refractivity contribution in [2.75, 3.05) is 4.72 Å². The fourth-order valence-corrected chi connectivity index (χ4v) is 4.13. The van der Waals surface area contributed by atoms with Crippen LogP contribution in [0.25, 0.3) is 22.5 Å². The van der Waals surface area contributed by atoms with Crippen LogP contribution < -0.4 is 10.5 Å². The second-order valence-electron chi connectivity index (χ2n) is 6.71. The molecule has 0 aliphatic rings. The van der Waals surface area contributed by atoms with E-state index in [9.17, 15) is 18.3 Å². The lowest BCUT2D eigenvalue weighted by atomic mass is 10.1. The molecule has 0 spiro atoms. The van der Waals surface area contributed by atoms with Crippen molar-refractivity contribution in [3.05, 3.63) is 84.9 Å². The van der Waals surface area contributed by atoms with Gasteiger partial charge >= 0.3 is 6.03 Å². The van der Waals surface area contributed by atoms with Gasteiger partial charge in [-0.05, 0) is 54.6 Å². The quantitative estimate of drug-likeness (QED) is 0.442. The lowest BCUT2D eigenvalue weighted by Gasteiger charge is -2.08. The van der Waals surface area contributed by atoms with Crippen LogP contribution >= 0.6 is 0 Å². The maximum absolute atomic E-state index is 12.5. The largest absolute Gasteiger partial charge is 0.508 e. The molecule has 31 heavy (non-hydrogen) atoms. The van der Waals surface area contributed by atoms with Crippen molar-refractivity contribution in [1.82, 2.24) is 9.78 Å². The number of amides is 1. The maximum Gasteiger partial charge on any atom is 0.340 e. The molecule has 9 heteroatoms. The number of phenols is 1. The Kier molecular flexibility index (Phi) is 5.18. The zero-order valence-electron chi connectivity index (χ0n) is 16.1. The molecule has 3 aromatic carbocycles. The average molecular weight is 434 g/mol. The van der Waals surface area contributed by atoms with E-state index in [-0.39, 0.29) is 10.6 Å². The molecule has 0 atom stereocenters. The molecule has 0 aliphatic heterocycles. The second kappa shape index (κ2) is 7.96. The third kappa shape index (κ3) is 4.26. The van der Waals surface area contributed by atoms with Crippen molar-refractivity contribution >= 4 is 21.7 Å². The zero-order valence-corrected chi connectivity index (χ0v) is 17.0. The lowest BCUT2D eigenvalue weighted by Crippen LogP contribution is -2.21. The Morgan fingerprint density at radius 2 is 1.52 bits per heavy atom. The van der Waals surface area contributed by atoms with E-state index in [4.69, 9.17) is 5.73 Å². The molecule has 4 N–H and O–H groups in total. The number of carbonyl (C=O) groups is 1. The number of hydrogen-bond acceptors (Lipinski definition) is 5. The average Bonchev–Trinajstić information content (AvgIpc) is 3.21. The first-order chi connectivity index (χ1) is 14.8. The van der Waals surface area contributed by atoms with Gasteiger partial charge in [0, 0.05) is 16.8 Å². The first-order valence-electron chi connectivity index (χ1n) is 9.21. The highest BCUT2D eigenvalue weighted by atomic mass is 32.2. The number of nitrogens with zero attached hydrogens (tertiary/aromatic N) is 2. The molecule has 0 bridgehead atoms. The molecule has 1 heterocycles. The Bertz CT molecular complexity index is 1330. The predicted octanol–water partition coefficient (Wildman–Crippen LogP) is 3.65. The van der Waals surface area contributed by atoms with Crippen LogP contribution in [0.2, 0.25) is 0 Å². The van der Waals surface area contributed by atoms with E-state index in [1.54, 1.807) is 60.7 Å². The van der Waals surface area contributed by atoms with E-state index < -0.39 is 16.1 Å². The molecule has 1 amide bonds. The Morgan fingerprint density at radius 1 is 0.903 bits per heavy atom. The van der Waals surface area contributed by atoms with Crippen molar-refractivity contribution in [3.8, 4) is 28.3 Å². The number of nitrogens with two attached hydrogens (primary N) is 1. The number of phenolic OH excluding ortho intramolecular Hbond substituents is 1. The maximum atomic E-state index is 12.5. The summed E-state index contributed by atoms with van der Waals surface area (Å²) in [6, 6.07) is 21.9. The summed E-state index contributed by atoms with van der Waals surface area (Å²) in [5.41, 5.74) is 8.13. The smallest absolute Gasteiger partial charge is 0.340 e. The molecule has 0 saturated heterocycles. The summed E-state index contributed by atoms with van der Waals surface area (Å²) in [6.45, 7) is 0. The molecule has 8 nitrogen and oxygen atoms in total. The van der Waals surface area contributed by atoms with Crippen LogP contribution in [0.3, 0.4) is 0 Å². The number of rotatable bonds is 5. The van der Waals surface area contributed by atoms with Gasteiger partial charge in [-0.2, -0.15) is 9.78 Å². The van der Waals surface area contributed by atoms with Gasteiger partial charge in [0.2, 0.25) is 0 Å². The number of benzene rings is 3. The highest BCUT2D eigenvalue weighted by Crippen LogP contribution is 2.28. The minimum Gasteiger partial charge on any atom is -0.508 e. The van der Waals surface area contributed by atoms with Crippen LogP contribution in [0.5, 0.6) is 5.75 Å². The van der Waals surface area contributed by atoms with Crippen molar-refractivity contribution in [2.45, 2.75) is 4.90 Å². The standard InChI is InChI=1S/C22H18N4O4S/c23-22(28)26-21(16-8-12-18(27)13-9-16)14-20(24-26)15-6-10-17(11-7-15)25-31(29,30)19-4-2-1-3-5-19/h1-14,25,27H,(H2,23,28). The Balaban J connectivity index is 1.63. The van der Waals surface area contributed by atoms with Gasteiger partial charge in [-0.25, -0.2) is 13.2 Å². The Labute approximate surface area is 178 Å². The van der Waals surface area contributed by atoms with E-state index in [0.29, 0.717) is 28.2 Å². The summed E-state index contributed by atoms with van der Waals surface area (Å²) < 4.78 is 28.5. The SMILES string of the molecule is NC(=O)n1nc(-c2ccc(NS(=O)(=O)c3ccccc3)cc2)cc1-c1ccc(O)cc1. The van der Waals surface area contributed by atoms with Gasteiger partial charge in [-0.1, -0.05) is 30.3 Å². The molecule has 0 aliphatic carbocycles. The van der Waals surface area contributed by atoms with Crippen molar-refractivity contribution in [1.29, 1.82) is 0 Å². The molecule has 4 rings (SSSR count). The van der Waals surface area contributed by atoms with E-state index in [0.717, 1.165) is 4.68 Å². The molecule has 0 unspecified atom stereocenters. The first-order valence-corrected chi connectivity index (χ1v) is 10.7. The van der Waals surface area contributed by atoms with Crippen LogP contribution in [-0.4, -0.2) is 29.3 Å². The van der Waals surface area contributed by atoms with Gasteiger partial charge in [-0.15, -0.1) is 0 Å². The Morgan fingerprint density at radius 3 is 2.13 bits per heavy atom. The molecule has 0 fully saturated rings. The number of aromatic hydroxyl groups is 1. The molecule has 0 radical (unpaired) electrons. The molecular formula is C22H18N4O4S. The monoisotopic (exact) mass is 434 g/mol. The molecule has 1 aromatic heterocycles. The third-order valence-electron chi connectivity index (χ3n) is 4.57. The van der Waals surface area contributed by atoms with Gasteiger partial charge in [0.1, 0.15) is 5.75 Å². The van der Waals surface area contributed by atoms with Crippen LogP contribution in [0.15, 0.2) is 89.8 Å². The number of nitrogens with one attached hydrogen (secondary N) is 1. The fourth-order valence-electron chi connectivity index (χ4n) is 3.05. The minimum absolute atomic E-state index is 0.0997. The van der Waals surface area contributed by atoms with Gasteiger partial charge in [0.25, 0.3) is 10.0 Å².